The van der Waals surface area contributed by atoms with Crippen molar-refractivity contribution >= 4 is 17.4 Å². The Morgan fingerprint density at radius 1 is 1.00 bits per heavy atom. The van der Waals surface area contributed by atoms with Gasteiger partial charge in [0.2, 0.25) is 5.28 Å². The molecule has 0 radical (unpaired) electrons. The van der Waals surface area contributed by atoms with Crippen LogP contribution in [0.15, 0.2) is 60.7 Å². The van der Waals surface area contributed by atoms with E-state index in [-0.39, 0.29) is 5.54 Å². The first-order chi connectivity index (χ1) is 16.1. The maximum absolute atomic E-state index is 6.28. The quantitative estimate of drug-likeness (QED) is 0.509. The molecule has 0 aliphatic carbocycles. The van der Waals surface area contributed by atoms with Crippen molar-refractivity contribution in [3.8, 4) is 0 Å². The van der Waals surface area contributed by atoms with Gasteiger partial charge in [0, 0.05) is 44.7 Å². The lowest BCUT2D eigenvalue weighted by atomic mass is 9.92. The molecule has 33 heavy (non-hydrogen) atoms. The van der Waals surface area contributed by atoms with E-state index in [0.29, 0.717) is 18.5 Å². The molecule has 1 fully saturated rings. The van der Waals surface area contributed by atoms with Crippen LogP contribution in [0.5, 0.6) is 0 Å². The summed E-state index contributed by atoms with van der Waals surface area (Å²) in [5, 5.41) is 3.96. The lowest BCUT2D eigenvalue weighted by molar-refractivity contribution is -0.140. The van der Waals surface area contributed by atoms with Crippen LogP contribution < -0.4 is 5.32 Å². The van der Waals surface area contributed by atoms with Crippen LogP contribution in [0.4, 0.5) is 5.82 Å². The van der Waals surface area contributed by atoms with Crippen LogP contribution in [0.3, 0.4) is 0 Å². The predicted molar refractivity (Wildman–Crippen MR) is 131 cm³/mol. The Morgan fingerprint density at radius 2 is 1.64 bits per heavy atom. The Bertz CT molecular complexity index is 1030. The van der Waals surface area contributed by atoms with Crippen molar-refractivity contribution in [1.82, 2.24) is 19.8 Å². The van der Waals surface area contributed by atoms with Gasteiger partial charge in [0.1, 0.15) is 5.82 Å². The summed E-state index contributed by atoms with van der Waals surface area (Å²) < 4.78 is 5.79. The highest BCUT2D eigenvalue weighted by Crippen LogP contribution is 2.31. The van der Waals surface area contributed by atoms with Gasteiger partial charge >= 0.3 is 0 Å². The van der Waals surface area contributed by atoms with Crippen molar-refractivity contribution in [3.63, 3.8) is 0 Å². The summed E-state index contributed by atoms with van der Waals surface area (Å²) in [5.41, 5.74) is 4.67. The first kappa shape index (κ1) is 22.3. The summed E-state index contributed by atoms with van der Waals surface area (Å²) in [5.74, 6) is 0.849. The Labute approximate surface area is 200 Å². The van der Waals surface area contributed by atoms with Gasteiger partial charge in [-0.15, -0.1) is 0 Å². The fourth-order valence-electron chi connectivity index (χ4n) is 4.65. The third kappa shape index (κ3) is 5.04. The van der Waals surface area contributed by atoms with Gasteiger partial charge in [-0.05, 0) is 29.8 Å². The third-order valence-electron chi connectivity index (χ3n) is 6.65. The fraction of sp³-hybridized carbons (Fsp3) is 0.385. The molecule has 2 aliphatic heterocycles. The minimum atomic E-state index is -0.128. The van der Waals surface area contributed by atoms with E-state index in [1.807, 2.05) is 0 Å². The summed E-state index contributed by atoms with van der Waals surface area (Å²) in [7, 11) is 2.13. The summed E-state index contributed by atoms with van der Waals surface area (Å²) in [4.78, 5) is 13.9. The van der Waals surface area contributed by atoms with E-state index < -0.39 is 0 Å². The highest BCUT2D eigenvalue weighted by molar-refractivity contribution is 6.28. The zero-order valence-corrected chi connectivity index (χ0v) is 19.8. The van der Waals surface area contributed by atoms with Gasteiger partial charge < -0.3 is 15.0 Å². The van der Waals surface area contributed by atoms with Gasteiger partial charge in [-0.2, -0.15) is 0 Å². The molecule has 0 saturated carbocycles. The molecule has 6 nitrogen and oxygen atoms in total. The van der Waals surface area contributed by atoms with E-state index in [2.05, 4.69) is 92.8 Å². The highest BCUT2D eigenvalue weighted by Gasteiger charge is 2.44. The van der Waals surface area contributed by atoms with Gasteiger partial charge in [0.25, 0.3) is 0 Å². The van der Waals surface area contributed by atoms with Gasteiger partial charge in [0.05, 0.1) is 24.4 Å². The van der Waals surface area contributed by atoms with Crippen molar-refractivity contribution in [2.24, 2.45) is 0 Å². The summed E-state index contributed by atoms with van der Waals surface area (Å²) in [6.07, 6.45) is 0.894. The second-order valence-electron chi connectivity index (χ2n) is 9.15. The van der Waals surface area contributed by atoms with E-state index >= 15 is 0 Å². The normalized spacial score (nSPS) is 17.4. The number of rotatable bonds is 8. The zero-order valence-electron chi connectivity index (χ0n) is 19.0. The van der Waals surface area contributed by atoms with Crippen molar-refractivity contribution in [2.75, 3.05) is 38.7 Å². The number of fused-ring (bicyclic) bond motifs is 1. The average Bonchev–Trinajstić information content (AvgIpc) is 2.80. The topological polar surface area (TPSA) is 53.5 Å². The third-order valence-corrected chi connectivity index (χ3v) is 6.82. The Kier molecular flexibility index (Phi) is 6.60. The first-order valence-corrected chi connectivity index (χ1v) is 11.9. The summed E-state index contributed by atoms with van der Waals surface area (Å²) in [6.45, 7) is 5.62. The molecule has 0 spiro atoms. The van der Waals surface area contributed by atoms with Gasteiger partial charge in [0.15, 0.2) is 0 Å². The number of nitrogens with one attached hydrogen (secondary N) is 1. The number of halogens is 1. The molecule has 0 bridgehead atoms. The van der Waals surface area contributed by atoms with Crippen LogP contribution >= 0.6 is 11.6 Å². The van der Waals surface area contributed by atoms with Crippen LogP contribution in [-0.2, 0) is 30.8 Å². The number of benzene rings is 2. The molecule has 2 aliphatic rings. The molecule has 172 valence electrons. The van der Waals surface area contributed by atoms with Crippen LogP contribution in [0.2, 0.25) is 5.28 Å². The van der Waals surface area contributed by atoms with E-state index in [1.54, 1.807) is 0 Å². The monoisotopic (exact) mass is 463 g/mol. The molecule has 0 amide bonds. The first-order valence-electron chi connectivity index (χ1n) is 11.5. The number of aromatic nitrogens is 2. The molecule has 3 heterocycles. The van der Waals surface area contributed by atoms with Gasteiger partial charge in [-0.1, -0.05) is 60.7 Å². The van der Waals surface area contributed by atoms with Crippen LogP contribution in [0.25, 0.3) is 0 Å². The molecule has 0 unspecified atom stereocenters. The smallest absolute Gasteiger partial charge is 0.224 e. The lowest BCUT2D eigenvalue weighted by Crippen LogP contribution is -2.65. The minimum absolute atomic E-state index is 0.128. The number of hydrogen-bond acceptors (Lipinski definition) is 6. The van der Waals surface area contributed by atoms with E-state index in [1.165, 1.54) is 11.1 Å². The van der Waals surface area contributed by atoms with Crippen LogP contribution in [0, 0.1) is 0 Å². The van der Waals surface area contributed by atoms with Crippen molar-refractivity contribution in [1.29, 1.82) is 0 Å². The fourth-order valence-corrected chi connectivity index (χ4v) is 4.83. The second kappa shape index (κ2) is 9.77. The number of likely N-dealkylation sites (N-methyl/N-ethyl adjacent to an activating group) is 1. The highest BCUT2D eigenvalue weighted by atomic mass is 35.5. The Hall–Kier alpha value is -2.51. The summed E-state index contributed by atoms with van der Waals surface area (Å²) >= 11 is 6.28. The van der Waals surface area contributed by atoms with Crippen molar-refractivity contribution in [2.45, 2.75) is 31.6 Å². The molecule has 5 rings (SSSR count). The molecular formula is C26H30ClN5O. The van der Waals surface area contributed by atoms with E-state index in [4.69, 9.17) is 16.3 Å². The van der Waals surface area contributed by atoms with Crippen LogP contribution in [-0.4, -0.2) is 58.7 Å². The van der Waals surface area contributed by atoms with E-state index in [9.17, 15) is 0 Å². The Morgan fingerprint density at radius 3 is 2.21 bits per heavy atom. The molecule has 0 atom stereocenters. The number of nitrogens with zero attached hydrogens (tertiary/aromatic N) is 4. The minimum Gasteiger partial charge on any atom is -0.377 e. The molecule has 1 saturated heterocycles. The maximum atomic E-state index is 6.28. The predicted octanol–water partition coefficient (Wildman–Crippen LogP) is 4.00. The van der Waals surface area contributed by atoms with Gasteiger partial charge in [-0.3, -0.25) is 4.90 Å². The average molecular weight is 464 g/mol. The van der Waals surface area contributed by atoms with Crippen LogP contribution in [0.1, 0.15) is 22.4 Å². The Balaban J connectivity index is 1.40. The second-order valence-corrected chi connectivity index (χ2v) is 9.49. The van der Waals surface area contributed by atoms with Crippen molar-refractivity contribution in [3.05, 3.63) is 88.3 Å². The molecule has 2 aromatic carbocycles. The molecule has 7 heteroatoms. The molecule has 1 N–H and O–H groups in total. The van der Waals surface area contributed by atoms with E-state index in [0.717, 1.165) is 56.2 Å². The summed E-state index contributed by atoms with van der Waals surface area (Å²) in [6, 6.07) is 21.3. The molecule has 1 aromatic heterocycles. The lowest BCUT2D eigenvalue weighted by Gasteiger charge is -2.50. The largest absolute Gasteiger partial charge is 0.377 e. The number of anilines is 1. The molecular weight excluding hydrogens is 434 g/mol. The number of hydrogen-bond donors (Lipinski definition) is 1. The SMILES string of the molecule is CN1CCc2nc(Cl)nc(NCC3(N(Cc4ccccc4)Cc4ccccc4)COC3)c2C1. The standard InChI is InChI=1S/C26H30ClN5O/c1-31-13-12-23-22(16-31)24(30-25(27)29-23)28-17-26(18-33-19-26)32(14-20-8-4-2-5-9-20)15-21-10-6-3-7-11-21/h2-11H,12-19H2,1H3,(H,28,29,30). The zero-order chi connectivity index (χ0) is 22.7. The molecule has 3 aromatic rings. The maximum Gasteiger partial charge on any atom is 0.224 e. The number of ether oxygens (including phenoxy) is 1. The van der Waals surface area contributed by atoms with Gasteiger partial charge in [-0.25, -0.2) is 9.97 Å². The van der Waals surface area contributed by atoms with Crippen molar-refractivity contribution < 1.29 is 4.74 Å².